The van der Waals surface area contributed by atoms with Gasteiger partial charge >= 0.3 is 5.97 Å². The van der Waals surface area contributed by atoms with Gasteiger partial charge in [-0.05, 0) is 56.7 Å². The number of carboxylic acid groups (broad SMARTS) is 1. The fourth-order valence-corrected chi connectivity index (χ4v) is 4.72. The molecule has 0 bridgehead atoms. The van der Waals surface area contributed by atoms with Gasteiger partial charge in [0.1, 0.15) is 0 Å². The van der Waals surface area contributed by atoms with E-state index >= 15 is 0 Å². The van der Waals surface area contributed by atoms with E-state index in [1.54, 1.807) is 6.07 Å². The summed E-state index contributed by atoms with van der Waals surface area (Å²) in [5.41, 5.74) is 3.85. The Kier molecular flexibility index (Phi) is 7.31. The predicted molar refractivity (Wildman–Crippen MR) is 130 cm³/mol. The van der Waals surface area contributed by atoms with Crippen LogP contribution in [0.25, 0.3) is 5.65 Å². The van der Waals surface area contributed by atoms with Crippen LogP contribution < -0.4 is 10.2 Å². The van der Waals surface area contributed by atoms with Crippen molar-refractivity contribution in [1.29, 1.82) is 0 Å². The molecule has 3 aromatic rings. The standard InChI is InChI=1S/C25H32FN5O3/c1-4-17(14-24(32)33)18-6-7-22(30(5-2)19-8-10-34-11-9-19)21(13-18)27-25-20(26)15-31-23(28-25)12-16(3)29-31/h6-7,12-13,15,17,19H,4-5,8-11,14H2,1-3H3,(H,27,28)(H,32,33)/t17-/m0/s1. The zero-order chi connectivity index (χ0) is 24.2. The molecule has 0 amide bonds. The number of fused-ring (bicyclic) bond motifs is 1. The van der Waals surface area contributed by atoms with E-state index in [1.807, 2.05) is 32.0 Å². The van der Waals surface area contributed by atoms with Crippen LogP contribution in [0.3, 0.4) is 0 Å². The van der Waals surface area contributed by atoms with Crippen molar-refractivity contribution < 1.29 is 19.0 Å². The minimum Gasteiger partial charge on any atom is -0.481 e. The van der Waals surface area contributed by atoms with Gasteiger partial charge in [0.15, 0.2) is 17.3 Å². The van der Waals surface area contributed by atoms with E-state index in [0.717, 1.165) is 36.3 Å². The molecule has 1 saturated heterocycles. The number of aromatic nitrogens is 3. The molecule has 0 saturated carbocycles. The van der Waals surface area contributed by atoms with Crippen molar-refractivity contribution >= 4 is 28.8 Å². The van der Waals surface area contributed by atoms with Crippen LogP contribution in [-0.2, 0) is 9.53 Å². The summed E-state index contributed by atoms with van der Waals surface area (Å²) in [5, 5.41) is 16.8. The molecule has 2 N–H and O–H groups in total. The third-order valence-corrected chi connectivity index (χ3v) is 6.47. The summed E-state index contributed by atoms with van der Waals surface area (Å²) in [6.07, 6.45) is 3.88. The van der Waals surface area contributed by atoms with Crippen molar-refractivity contribution in [3.05, 3.63) is 47.5 Å². The second kappa shape index (κ2) is 10.4. The molecule has 0 spiro atoms. The van der Waals surface area contributed by atoms with E-state index in [2.05, 4.69) is 27.2 Å². The first-order valence-corrected chi connectivity index (χ1v) is 11.9. The summed E-state index contributed by atoms with van der Waals surface area (Å²) in [4.78, 5) is 18.2. The maximum Gasteiger partial charge on any atom is 0.303 e. The van der Waals surface area contributed by atoms with Gasteiger partial charge in [-0.25, -0.2) is 13.9 Å². The highest BCUT2D eigenvalue weighted by Crippen LogP contribution is 2.36. The quantitative estimate of drug-likeness (QED) is 0.461. The molecule has 3 heterocycles. The number of carbonyl (C=O) groups is 1. The molecule has 8 nitrogen and oxygen atoms in total. The fourth-order valence-electron chi connectivity index (χ4n) is 4.72. The van der Waals surface area contributed by atoms with E-state index < -0.39 is 11.8 Å². The van der Waals surface area contributed by atoms with Crippen molar-refractivity contribution in [2.45, 2.75) is 58.4 Å². The Bertz CT molecular complexity index is 1160. The Morgan fingerprint density at radius 1 is 1.32 bits per heavy atom. The molecule has 1 aliphatic heterocycles. The zero-order valence-electron chi connectivity index (χ0n) is 19.9. The molecule has 1 aliphatic rings. The number of ether oxygens (including phenoxy) is 1. The summed E-state index contributed by atoms with van der Waals surface area (Å²) in [5.74, 6) is -1.38. The van der Waals surface area contributed by atoms with E-state index in [-0.39, 0.29) is 18.2 Å². The number of hydrogen-bond acceptors (Lipinski definition) is 6. The molecule has 1 fully saturated rings. The molecular formula is C25H32FN5O3. The lowest BCUT2D eigenvalue weighted by atomic mass is 9.92. The van der Waals surface area contributed by atoms with Gasteiger partial charge < -0.3 is 20.1 Å². The number of hydrogen-bond donors (Lipinski definition) is 2. The lowest BCUT2D eigenvalue weighted by molar-refractivity contribution is -0.137. The molecule has 9 heteroatoms. The topological polar surface area (TPSA) is 92.0 Å². The van der Waals surface area contributed by atoms with Gasteiger partial charge in [-0.15, -0.1) is 0 Å². The average Bonchev–Trinajstić information content (AvgIpc) is 3.18. The smallest absolute Gasteiger partial charge is 0.303 e. The van der Waals surface area contributed by atoms with Crippen molar-refractivity contribution in [1.82, 2.24) is 14.6 Å². The number of benzene rings is 1. The number of aliphatic carboxylic acids is 1. The number of halogens is 1. The summed E-state index contributed by atoms with van der Waals surface area (Å²) >= 11 is 0. The Morgan fingerprint density at radius 3 is 2.76 bits per heavy atom. The van der Waals surface area contributed by atoms with Gasteiger partial charge in [0.2, 0.25) is 0 Å². The number of nitrogens with one attached hydrogen (secondary N) is 1. The maximum atomic E-state index is 15.0. The Morgan fingerprint density at radius 2 is 2.09 bits per heavy atom. The van der Waals surface area contributed by atoms with Crippen LogP contribution in [0.4, 0.5) is 21.6 Å². The van der Waals surface area contributed by atoms with Crippen LogP contribution >= 0.6 is 0 Å². The average molecular weight is 470 g/mol. The van der Waals surface area contributed by atoms with Crippen LogP contribution in [0, 0.1) is 12.7 Å². The molecule has 0 unspecified atom stereocenters. The monoisotopic (exact) mass is 469 g/mol. The van der Waals surface area contributed by atoms with Gasteiger partial charge in [-0.3, -0.25) is 4.79 Å². The Hall–Kier alpha value is -3.20. The van der Waals surface area contributed by atoms with Crippen molar-refractivity contribution in [2.75, 3.05) is 30.0 Å². The summed E-state index contributed by atoms with van der Waals surface area (Å²) < 4.78 is 22.0. The molecule has 4 rings (SSSR count). The molecule has 182 valence electrons. The van der Waals surface area contributed by atoms with E-state index in [0.29, 0.717) is 37.0 Å². The fraction of sp³-hybridized carbons (Fsp3) is 0.480. The lowest BCUT2D eigenvalue weighted by Crippen LogP contribution is -2.39. The molecule has 34 heavy (non-hydrogen) atoms. The molecular weight excluding hydrogens is 437 g/mol. The summed E-state index contributed by atoms with van der Waals surface area (Å²) in [6, 6.07) is 8.06. The SMILES string of the molecule is CC[C@@H](CC(=O)O)c1ccc(N(CC)C2CCOCC2)c(Nc2nc3cc(C)nn3cc2F)c1. The first kappa shape index (κ1) is 23.9. The van der Waals surface area contributed by atoms with E-state index in [4.69, 9.17) is 4.74 Å². The van der Waals surface area contributed by atoms with Crippen LogP contribution in [0.15, 0.2) is 30.5 Å². The number of aryl methyl sites for hydroxylation is 1. The van der Waals surface area contributed by atoms with Crippen LogP contribution in [0.1, 0.15) is 56.7 Å². The first-order chi connectivity index (χ1) is 16.4. The number of anilines is 3. The minimum atomic E-state index is -0.836. The lowest BCUT2D eigenvalue weighted by Gasteiger charge is -2.36. The largest absolute Gasteiger partial charge is 0.481 e. The minimum absolute atomic E-state index is 0.0421. The Balaban J connectivity index is 1.77. The predicted octanol–water partition coefficient (Wildman–Crippen LogP) is 4.89. The molecule has 1 atom stereocenters. The van der Waals surface area contributed by atoms with Gasteiger partial charge in [0.25, 0.3) is 0 Å². The number of carboxylic acids is 1. The van der Waals surface area contributed by atoms with Crippen molar-refractivity contribution in [3.63, 3.8) is 0 Å². The third-order valence-electron chi connectivity index (χ3n) is 6.47. The molecule has 2 aromatic heterocycles. The van der Waals surface area contributed by atoms with E-state index in [9.17, 15) is 14.3 Å². The number of nitrogens with zero attached hydrogens (tertiary/aromatic N) is 4. The highest BCUT2D eigenvalue weighted by molar-refractivity contribution is 5.77. The van der Waals surface area contributed by atoms with Gasteiger partial charge in [0.05, 0.1) is 29.7 Å². The van der Waals surface area contributed by atoms with Gasteiger partial charge in [0, 0.05) is 31.9 Å². The van der Waals surface area contributed by atoms with E-state index in [1.165, 1.54) is 10.7 Å². The first-order valence-electron chi connectivity index (χ1n) is 11.9. The number of rotatable bonds is 9. The Labute approximate surface area is 198 Å². The maximum absolute atomic E-state index is 15.0. The second-order valence-corrected chi connectivity index (χ2v) is 8.76. The van der Waals surface area contributed by atoms with Crippen LogP contribution in [0.5, 0.6) is 0 Å². The second-order valence-electron chi connectivity index (χ2n) is 8.76. The summed E-state index contributed by atoms with van der Waals surface area (Å²) in [6.45, 7) is 8.12. The van der Waals surface area contributed by atoms with Gasteiger partial charge in [-0.1, -0.05) is 13.0 Å². The zero-order valence-corrected chi connectivity index (χ0v) is 19.9. The van der Waals surface area contributed by atoms with Crippen molar-refractivity contribution in [3.8, 4) is 0 Å². The molecule has 0 aliphatic carbocycles. The molecule has 0 radical (unpaired) electrons. The normalized spacial score (nSPS) is 15.4. The molecule has 1 aromatic carbocycles. The highest BCUT2D eigenvalue weighted by atomic mass is 19.1. The van der Waals surface area contributed by atoms with Crippen molar-refractivity contribution in [2.24, 2.45) is 0 Å². The van der Waals surface area contributed by atoms with Crippen LogP contribution in [0.2, 0.25) is 0 Å². The third kappa shape index (κ3) is 5.14. The van der Waals surface area contributed by atoms with Gasteiger partial charge in [-0.2, -0.15) is 5.10 Å². The summed E-state index contributed by atoms with van der Waals surface area (Å²) in [7, 11) is 0. The highest BCUT2D eigenvalue weighted by Gasteiger charge is 2.24. The van der Waals surface area contributed by atoms with Crippen LogP contribution in [-0.4, -0.2) is 51.5 Å².